The molecule has 0 unspecified atom stereocenters. The zero-order chi connectivity index (χ0) is 17.2. The van der Waals surface area contributed by atoms with Crippen LogP contribution in [-0.4, -0.2) is 23.2 Å². The number of aryl methyl sites for hydroxylation is 1. The van der Waals surface area contributed by atoms with Crippen LogP contribution in [0.2, 0.25) is 0 Å². The van der Waals surface area contributed by atoms with Crippen molar-refractivity contribution >= 4 is 22.4 Å². The van der Waals surface area contributed by atoms with Crippen molar-refractivity contribution in [1.82, 2.24) is 10.2 Å². The molecule has 0 fully saturated rings. The molecule has 24 heavy (non-hydrogen) atoms. The number of ether oxygens (including phenoxy) is 1. The molecule has 0 saturated heterocycles. The van der Waals surface area contributed by atoms with Crippen molar-refractivity contribution < 1.29 is 9.53 Å². The SMILES string of the molecule is CCCCCCCCc1nnc(NC(=O)c2ccc(OC)cc2)s1. The number of amides is 1. The zero-order valence-corrected chi connectivity index (χ0v) is 15.2. The number of hydrogen-bond donors (Lipinski definition) is 1. The van der Waals surface area contributed by atoms with Crippen LogP contribution in [0.25, 0.3) is 0 Å². The van der Waals surface area contributed by atoms with Crippen LogP contribution < -0.4 is 10.1 Å². The van der Waals surface area contributed by atoms with Crippen LogP contribution in [0, 0.1) is 0 Å². The lowest BCUT2D eigenvalue weighted by molar-refractivity contribution is 0.102. The highest BCUT2D eigenvalue weighted by Crippen LogP contribution is 2.19. The molecule has 130 valence electrons. The van der Waals surface area contributed by atoms with E-state index < -0.39 is 0 Å². The van der Waals surface area contributed by atoms with Crippen molar-refractivity contribution in [3.63, 3.8) is 0 Å². The highest BCUT2D eigenvalue weighted by Gasteiger charge is 2.10. The second kappa shape index (κ2) is 10.0. The van der Waals surface area contributed by atoms with Gasteiger partial charge in [-0.05, 0) is 30.7 Å². The fraction of sp³-hybridized carbons (Fsp3) is 0.500. The fourth-order valence-corrected chi connectivity index (χ4v) is 3.15. The summed E-state index contributed by atoms with van der Waals surface area (Å²) in [5, 5.41) is 12.5. The number of nitrogens with one attached hydrogen (secondary N) is 1. The highest BCUT2D eigenvalue weighted by atomic mass is 32.1. The monoisotopic (exact) mass is 347 g/mol. The number of benzene rings is 1. The van der Waals surface area contributed by atoms with Gasteiger partial charge in [0.25, 0.3) is 5.91 Å². The lowest BCUT2D eigenvalue weighted by Crippen LogP contribution is -2.11. The number of aromatic nitrogens is 2. The molecule has 0 saturated carbocycles. The maximum atomic E-state index is 12.2. The van der Waals surface area contributed by atoms with E-state index in [1.807, 2.05) is 0 Å². The van der Waals surface area contributed by atoms with Crippen molar-refractivity contribution in [2.24, 2.45) is 0 Å². The molecule has 5 nitrogen and oxygen atoms in total. The smallest absolute Gasteiger partial charge is 0.257 e. The second-order valence-corrected chi connectivity index (χ2v) is 6.76. The molecular formula is C18H25N3O2S. The maximum absolute atomic E-state index is 12.2. The third kappa shape index (κ3) is 5.92. The molecule has 0 bridgehead atoms. The first-order chi connectivity index (χ1) is 11.7. The van der Waals surface area contributed by atoms with Crippen molar-refractivity contribution in [3.8, 4) is 5.75 Å². The zero-order valence-electron chi connectivity index (χ0n) is 14.4. The van der Waals surface area contributed by atoms with Gasteiger partial charge in [0.1, 0.15) is 10.8 Å². The van der Waals surface area contributed by atoms with Gasteiger partial charge in [0.2, 0.25) is 5.13 Å². The molecule has 1 N–H and O–H groups in total. The predicted molar refractivity (Wildman–Crippen MR) is 97.9 cm³/mol. The Hall–Kier alpha value is -1.95. The van der Waals surface area contributed by atoms with Gasteiger partial charge < -0.3 is 4.74 Å². The third-order valence-corrected chi connectivity index (χ3v) is 4.68. The van der Waals surface area contributed by atoms with Crippen LogP contribution in [0.5, 0.6) is 5.75 Å². The van der Waals surface area contributed by atoms with Gasteiger partial charge in [-0.1, -0.05) is 50.4 Å². The van der Waals surface area contributed by atoms with Gasteiger partial charge in [0.05, 0.1) is 7.11 Å². The van der Waals surface area contributed by atoms with Crippen molar-refractivity contribution in [3.05, 3.63) is 34.8 Å². The first-order valence-electron chi connectivity index (χ1n) is 8.50. The van der Waals surface area contributed by atoms with E-state index >= 15 is 0 Å². The van der Waals surface area contributed by atoms with Crippen molar-refractivity contribution in [2.75, 3.05) is 12.4 Å². The Morgan fingerprint density at radius 1 is 1.08 bits per heavy atom. The Morgan fingerprint density at radius 2 is 1.79 bits per heavy atom. The number of methoxy groups -OCH3 is 1. The summed E-state index contributed by atoms with van der Waals surface area (Å²) in [6.07, 6.45) is 8.48. The Labute approximate surface area is 147 Å². The van der Waals surface area contributed by atoms with E-state index in [1.54, 1.807) is 31.4 Å². The summed E-state index contributed by atoms with van der Waals surface area (Å²) >= 11 is 1.45. The van der Waals surface area contributed by atoms with E-state index in [2.05, 4.69) is 22.4 Å². The molecule has 1 aromatic heterocycles. The maximum Gasteiger partial charge on any atom is 0.257 e. The lowest BCUT2D eigenvalue weighted by Gasteiger charge is -2.02. The molecule has 2 rings (SSSR count). The Bertz CT molecular complexity index is 625. The van der Waals surface area contributed by atoms with Crippen LogP contribution in [-0.2, 0) is 6.42 Å². The second-order valence-electron chi connectivity index (χ2n) is 5.70. The number of unbranched alkanes of at least 4 members (excludes halogenated alkanes) is 5. The Morgan fingerprint density at radius 3 is 2.50 bits per heavy atom. The topological polar surface area (TPSA) is 64.1 Å². The van der Waals surface area contributed by atoms with Gasteiger partial charge in [-0.25, -0.2) is 0 Å². The molecule has 0 aliphatic rings. The van der Waals surface area contributed by atoms with Crippen LogP contribution in [0.15, 0.2) is 24.3 Å². The highest BCUT2D eigenvalue weighted by molar-refractivity contribution is 7.15. The largest absolute Gasteiger partial charge is 0.497 e. The third-order valence-electron chi connectivity index (χ3n) is 3.78. The number of carbonyl (C=O) groups is 1. The Balaban J connectivity index is 1.77. The fourth-order valence-electron chi connectivity index (χ4n) is 2.37. The summed E-state index contributed by atoms with van der Waals surface area (Å²) in [5.74, 6) is 0.545. The normalized spacial score (nSPS) is 10.6. The average molecular weight is 347 g/mol. The summed E-state index contributed by atoms with van der Waals surface area (Å²) in [6, 6.07) is 6.98. The quantitative estimate of drug-likeness (QED) is 0.633. The van der Waals surface area contributed by atoms with E-state index in [4.69, 9.17) is 4.74 Å². The van der Waals surface area contributed by atoms with Crippen LogP contribution in [0.3, 0.4) is 0 Å². The van der Waals surface area contributed by atoms with Gasteiger partial charge in [0.15, 0.2) is 0 Å². The number of carbonyl (C=O) groups excluding carboxylic acids is 1. The van der Waals surface area contributed by atoms with Crippen LogP contribution in [0.1, 0.15) is 60.8 Å². The summed E-state index contributed by atoms with van der Waals surface area (Å²) in [7, 11) is 1.60. The minimum atomic E-state index is -0.181. The molecule has 1 heterocycles. The van der Waals surface area contributed by atoms with Crippen LogP contribution >= 0.6 is 11.3 Å². The first-order valence-corrected chi connectivity index (χ1v) is 9.32. The predicted octanol–water partition coefficient (Wildman–Crippen LogP) is 4.70. The minimum absolute atomic E-state index is 0.181. The molecule has 2 aromatic rings. The number of anilines is 1. The minimum Gasteiger partial charge on any atom is -0.497 e. The summed E-state index contributed by atoms with van der Waals surface area (Å²) < 4.78 is 5.09. The Kier molecular flexibility index (Phi) is 7.68. The van der Waals surface area contributed by atoms with Crippen LogP contribution in [0.4, 0.5) is 5.13 Å². The molecule has 6 heteroatoms. The van der Waals surface area contributed by atoms with E-state index in [0.717, 1.165) is 23.6 Å². The molecule has 0 aliphatic carbocycles. The summed E-state index contributed by atoms with van der Waals surface area (Å²) in [4.78, 5) is 12.2. The molecule has 1 aromatic carbocycles. The van der Waals surface area contributed by atoms with E-state index in [9.17, 15) is 4.79 Å². The molecule has 0 aliphatic heterocycles. The average Bonchev–Trinajstić information content (AvgIpc) is 3.05. The standard InChI is InChI=1S/C18H25N3O2S/c1-3-4-5-6-7-8-9-16-20-21-18(24-16)19-17(22)14-10-12-15(23-2)13-11-14/h10-13H,3-9H2,1-2H3,(H,19,21,22). The van der Waals surface area contributed by atoms with Crippen molar-refractivity contribution in [2.45, 2.75) is 51.9 Å². The summed E-state index contributed by atoms with van der Waals surface area (Å²) in [6.45, 7) is 2.23. The van der Waals surface area contributed by atoms with Gasteiger partial charge in [-0.3, -0.25) is 10.1 Å². The first kappa shape index (κ1) is 18.4. The van der Waals surface area contributed by atoms with Gasteiger partial charge >= 0.3 is 0 Å². The van der Waals surface area contributed by atoms with Gasteiger partial charge in [-0.2, -0.15) is 0 Å². The number of hydrogen-bond acceptors (Lipinski definition) is 5. The molecule has 0 radical (unpaired) electrons. The molecule has 0 atom stereocenters. The lowest BCUT2D eigenvalue weighted by atomic mass is 10.1. The van der Waals surface area contributed by atoms with E-state index in [1.165, 1.54) is 43.4 Å². The molecular weight excluding hydrogens is 322 g/mol. The summed E-state index contributed by atoms with van der Waals surface area (Å²) in [5.41, 5.74) is 0.573. The van der Waals surface area contributed by atoms with Gasteiger partial charge in [-0.15, -0.1) is 10.2 Å². The van der Waals surface area contributed by atoms with Gasteiger partial charge in [0, 0.05) is 12.0 Å². The van der Waals surface area contributed by atoms with E-state index in [-0.39, 0.29) is 5.91 Å². The van der Waals surface area contributed by atoms with Crippen molar-refractivity contribution in [1.29, 1.82) is 0 Å². The molecule has 0 spiro atoms. The molecule has 1 amide bonds. The number of rotatable bonds is 10. The number of nitrogens with zero attached hydrogens (tertiary/aromatic N) is 2. The van der Waals surface area contributed by atoms with E-state index in [0.29, 0.717) is 10.7 Å².